The van der Waals surface area contributed by atoms with Crippen LogP contribution in [0.4, 0.5) is 5.82 Å². The smallest absolute Gasteiger partial charge is 0.332 e. The van der Waals surface area contributed by atoms with Crippen LogP contribution in [-0.2, 0) is 24.4 Å². The maximum Gasteiger partial charge on any atom is 0.332 e. The van der Waals surface area contributed by atoms with Crippen molar-refractivity contribution in [2.24, 2.45) is 0 Å². The number of Topliss-reactive ketones (excluding diaryl/α,β-unsaturated/α-hetero) is 1. The van der Waals surface area contributed by atoms with Crippen molar-refractivity contribution in [1.82, 2.24) is 19.4 Å². The highest BCUT2D eigenvalue weighted by molar-refractivity contribution is 7.09. The molecule has 0 aliphatic rings. The van der Waals surface area contributed by atoms with Gasteiger partial charge in [-0.05, 0) is 30.5 Å². The lowest BCUT2D eigenvalue weighted by molar-refractivity contribution is -0.122. The van der Waals surface area contributed by atoms with E-state index < -0.39 is 17.0 Å². The van der Waals surface area contributed by atoms with E-state index in [9.17, 15) is 19.2 Å². The zero-order chi connectivity index (χ0) is 24.7. The monoisotopic (exact) mass is 483 g/mol. The zero-order valence-electron chi connectivity index (χ0n) is 19.3. The van der Waals surface area contributed by atoms with Crippen molar-refractivity contribution in [2.45, 2.75) is 33.5 Å². The largest absolute Gasteiger partial charge is 0.384 e. The number of rotatable bonds is 11. The maximum absolute atomic E-state index is 13.2. The van der Waals surface area contributed by atoms with Crippen molar-refractivity contribution in [1.29, 1.82) is 0 Å². The second-order valence-corrected chi connectivity index (χ2v) is 8.78. The molecule has 10 heteroatoms. The molecule has 0 atom stereocenters. The summed E-state index contributed by atoms with van der Waals surface area (Å²) in [5.74, 6) is -0.915. The predicted octanol–water partition coefficient (Wildman–Crippen LogP) is 1.54. The fraction of sp³-hybridized carbons (Fsp3) is 0.333. The number of likely N-dealkylation sites (N-methyl/N-ethyl adjacent to an activating group) is 1. The first-order valence-corrected chi connectivity index (χ1v) is 11.9. The molecule has 0 saturated carbocycles. The molecule has 2 heterocycles. The Balaban J connectivity index is 1.82. The number of carbonyl (C=O) groups is 2. The van der Waals surface area contributed by atoms with Crippen LogP contribution in [0.1, 0.15) is 34.6 Å². The second-order valence-electron chi connectivity index (χ2n) is 7.75. The van der Waals surface area contributed by atoms with Crippen LogP contribution in [0.15, 0.2) is 57.4 Å². The summed E-state index contributed by atoms with van der Waals surface area (Å²) < 4.78 is 2.26. The van der Waals surface area contributed by atoms with E-state index in [0.717, 1.165) is 15.0 Å². The molecule has 0 spiro atoms. The average molecular weight is 484 g/mol. The van der Waals surface area contributed by atoms with Gasteiger partial charge in [0.05, 0.1) is 26.2 Å². The molecule has 1 aromatic carbocycles. The van der Waals surface area contributed by atoms with Crippen LogP contribution >= 0.6 is 11.3 Å². The molecule has 0 saturated heterocycles. The Labute approximate surface area is 201 Å². The molecule has 0 aliphatic heterocycles. The Morgan fingerprint density at radius 1 is 1.03 bits per heavy atom. The van der Waals surface area contributed by atoms with Gasteiger partial charge in [-0.1, -0.05) is 43.3 Å². The topological polar surface area (TPSA) is 119 Å². The minimum atomic E-state index is -0.711. The number of benzene rings is 1. The van der Waals surface area contributed by atoms with E-state index in [1.807, 2.05) is 54.8 Å². The van der Waals surface area contributed by atoms with Gasteiger partial charge in [-0.25, -0.2) is 4.79 Å². The van der Waals surface area contributed by atoms with Crippen LogP contribution in [0, 0.1) is 0 Å². The molecular weight excluding hydrogens is 454 g/mol. The van der Waals surface area contributed by atoms with Crippen LogP contribution in [0.25, 0.3) is 0 Å². The number of anilines is 1. The van der Waals surface area contributed by atoms with Crippen LogP contribution in [0.3, 0.4) is 0 Å². The molecule has 0 radical (unpaired) electrons. The Morgan fingerprint density at radius 2 is 1.76 bits per heavy atom. The fourth-order valence-electron chi connectivity index (χ4n) is 3.59. The summed E-state index contributed by atoms with van der Waals surface area (Å²) in [7, 11) is 0. The summed E-state index contributed by atoms with van der Waals surface area (Å²) in [6, 6.07) is 13.0. The van der Waals surface area contributed by atoms with Crippen LogP contribution in [0.5, 0.6) is 0 Å². The van der Waals surface area contributed by atoms with Crippen LogP contribution in [0.2, 0.25) is 0 Å². The summed E-state index contributed by atoms with van der Waals surface area (Å²) in [6.45, 7) is 4.39. The first-order chi connectivity index (χ1) is 16.3. The third-order valence-corrected chi connectivity index (χ3v) is 6.34. The lowest BCUT2D eigenvalue weighted by atomic mass is 10.1. The number of nitrogen functional groups attached to an aromatic ring is 1. The summed E-state index contributed by atoms with van der Waals surface area (Å²) >= 11 is 1.55. The number of hydrogen-bond donors (Lipinski definition) is 2. The Morgan fingerprint density at radius 3 is 2.38 bits per heavy atom. The summed E-state index contributed by atoms with van der Waals surface area (Å²) in [4.78, 5) is 54.1. The molecule has 180 valence electrons. The highest BCUT2D eigenvalue weighted by Crippen LogP contribution is 2.11. The normalized spacial score (nSPS) is 11.0. The van der Waals surface area contributed by atoms with Crippen LogP contribution < -0.4 is 22.3 Å². The molecule has 0 aliphatic carbocycles. The molecule has 1 amide bonds. The fourth-order valence-corrected chi connectivity index (χ4v) is 4.24. The number of ketones is 1. The molecule has 9 nitrogen and oxygen atoms in total. The molecule has 0 fully saturated rings. The molecule has 2 aromatic heterocycles. The van der Waals surface area contributed by atoms with Crippen molar-refractivity contribution in [3.63, 3.8) is 0 Å². The van der Waals surface area contributed by atoms with Crippen LogP contribution in [-0.4, -0.2) is 45.4 Å². The van der Waals surface area contributed by atoms with Crippen molar-refractivity contribution < 1.29 is 9.59 Å². The number of nitrogens with one attached hydrogen (secondary N) is 1. The molecule has 3 N–H and O–H groups in total. The SMILES string of the molecule is CCN(CC(=O)NCc1cccs1)CC(=O)c1c(N)n(Cc2ccccc2)c(=O)n(CC)c1=O. The summed E-state index contributed by atoms with van der Waals surface area (Å²) in [6.07, 6.45) is 0. The lowest BCUT2D eigenvalue weighted by Gasteiger charge is -2.20. The third-order valence-electron chi connectivity index (χ3n) is 5.47. The minimum absolute atomic E-state index is 0.000850. The van der Waals surface area contributed by atoms with E-state index in [0.29, 0.717) is 13.1 Å². The number of thiophene rings is 1. The number of amides is 1. The minimum Gasteiger partial charge on any atom is -0.384 e. The standard InChI is InChI=1S/C24H29N5O4S/c1-3-27(16-20(31)26-13-18-11-8-12-34-18)15-19(30)21-22(25)29(14-17-9-6-5-7-10-17)24(33)28(4-2)23(21)32/h5-12H,3-4,13-16,25H2,1-2H3,(H,26,31). The highest BCUT2D eigenvalue weighted by Gasteiger charge is 2.24. The summed E-state index contributed by atoms with van der Waals surface area (Å²) in [5, 5.41) is 4.76. The van der Waals surface area contributed by atoms with Gasteiger partial charge >= 0.3 is 5.69 Å². The number of nitrogens with zero attached hydrogens (tertiary/aromatic N) is 3. The number of nitrogens with two attached hydrogens (primary N) is 1. The number of carbonyl (C=O) groups excluding carboxylic acids is 2. The van der Waals surface area contributed by atoms with Gasteiger partial charge in [-0.3, -0.25) is 28.4 Å². The van der Waals surface area contributed by atoms with Crippen molar-refractivity contribution in [2.75, 3.05) is 25.4 Å². The quantitative estimate of drug-likeness (QED) is 0.399. The molecule has 34 heavy (non-hydrogen) atoms. The maximum atomic E-state index is 13.2. The van der Waals surface area contributed by atoms with Gasteiger partial charge in [0.2, 0.25) is 5.91 Å². The zero-order valence-corrected chi connectivity index (χ0v) is 20.1. The first-order valence-electron chi connectivity index (χ1n) is 11.1. The predicted molar refractivity (Wildman–Crippen MR) is 133 cm³/mol. The number of hydrogen-bond acceptors (Lipinski definition) is 7. The molecule has 3 rings (SSSR count). The Hall–Kier alpha value is -3.50. The van der Waals surface area contributed by atoms with Gasteiger partial charge in [0.15, 0.2) is 5.78 Å². The number of aromatic nitrogens is 2. The third kappa shape index (κ3) is 5.89. The first kappa shape index (κ1) is 25.1. The molecular formula is C24H29N5O4S. The highest BCUT2D eigenvalue weighted by atomic mass is 32.1. The van der Waals surface area contributed by atoms with Crippen molar-refractivity contribution in [3.05, 3.63) is 84.7 Å². The lowest BCUT2D eigenvalue weighted by Crippen LogP contribution is -2.46. The summed E-state index contributed by atoms with van der Waals surface area (Å²) in [5.41, 5.74) is 5.52. The van der Waals surface area contributed by atoms with E-state index in [1.54, 1.807) is 23.2 Å². The van der Waals surface area contributed by atoms with E-state index in [2.05, 4.69) is 5.32 Å². The molecule has 3 aromatic rings. The van der Waals surface area contributed by atoms with Gasteiger partial charge in [-0.2, -0.15) is 0 Å². The Bertz CT molecular complexity index is 1250. The van der Waals surface area contributed by atoms with Gasteiger partial charge in [0.1, 0.15) is 11.4 Å². The van der Waals surface area contributed by atoms with E-state index in [4.69, 9.17) is 5.73 Å². The van der Waals surface area contributed by atoms with Crippen molar-refractivity contribution >= 4 is 28.8 Å². The molecule has 0 bridgehead atoms. The Kier molecular flexibility index (Phi) is 8.55. The van der Waals surface area contributed by atoms with Gasteiger partial charge in [0, 0.05) is 11.4 Å². The molecule has 0 unspecified atom stereocenters. The van der Waals surface area contributed by atoms with Gasteiger partial charge < -0.3 is 11.1 Å². The van der Waals surface area contributed by atoms with E-state index >= 15 is 0 Å². The van der Waals surface area contributed by atoms with Crippen molar-refractivity contribution in [3.8, 4) is 0 Å². The van der Waals surface area contributed by atoms with E-state index in [1.165, 1.54) is 4.57 Å². The van der Waals surface area contributed by atoms with Gasteiger partial charge in [-0.15, -0.1) is 11.3 Å². The average Bonchev–Trinajstić information content (AvgIpc) is 3.35. The second kappa shape index (κ2) is 11.6. The van der Waals surface area contributed by atoms with E-state index in [-0.39, 0.29) is 43.5 Å². The van der Waals surface area contributed by atoms with Gasteiger partial charge in [0.25, 0.3) is 5.56 Å².